The zero-order valence-corrected chi connectivity index (χ0v) is 17.7. The van der Waals surface area contributed by atoms with Crippen LogP contribution < -0.4 is 4.74 Å². The van der Waals surface area contributed by atoms with Crippen LogP contribution in [0.1, 0.15) is 36.1 Å². The number of nitrogens with zero attached hydrogens (tertiary/aromatic N) is 2. The molecule has 4 rings (SSSR count). The van der Waals surface area contributed by atoms with Gasteiger partial charge in [-0.25, -0.2) is 0 Å². The molecule has 2 aromatic rings. The summed E-state index contributed by atoms with van der Waals surface area (Å²) in [6.45, 7) is 5.27. The second kappa shape index (κ2) is 9.09. The van der Waals surface area contributed by atoms with Crippen LogP contribution in [0.4, 0.5) is 13.2 Å². The number of alkyl halides is 3. The van der Waals surface area contributed by atoms with Crippen molar-refractivity contribution >= 4 is 0 Å². The first-order valence-corrected chi connectivity index (χ1v) is 10.9. The molecule has 0 spiro atoms. The zero-order chi connectivity index (χ0) is 22.0. The van der Waals surface area contributed by atoms with Gasteiger partial charge in [-0.3, -0.25) is 9.80 Å². The maximum absolute atomic E-state index is 13.2. The highest BCUT2D eigenvalue weighted by molar-refractivity contribution is 5.44. The van der Waals surface area contributed by atoms with Crippen LogP contribution in [-0.2, 0) is 6.42 Å². The van der Waals surface area contributed by atoms with Crippen molar-refractivity contribution in [1.29, 1.82) is 0 Å². The van der Waals surface area contributed by atoms with E-state index in [1.807, 2.05) is 24.3 Å². The molecule has 1 N–H and O–H groups in total. The maximum atomic E-state index is 13.2. The summed E-state index contributed by atoms with van der Waals surface area (Å²) in [7, 11) is 0. The van der Waals surface area contributed by atoms with Crippen molar-refractivity contribution in [1.82, 2.24) is 9.80 Å². The fourth-order valence-electron chi connectivity index (χ4n) is 4.61. The topological polar surface area (TPSA) is 35.9 Å². The van der Waals surface area contributed by atoms with Crippen molar-refractivity contribution < 1.29 is 23.0 Å². The van der Waals surface area contributed by atoms with E-state index in [1.165, 1.54) is 11.3 Å². The molecular weight excluding hydrogens is 405 g/mol. The molecule has 31 heavy (non-hydrogen) atoms. The van der Waals surface area contributed by atoms with Crippen LogP contribution in [-0.4, -0.2) is 60.4 Å². The Hall–Kier alpha value is -2.25. The van der Waals surface area contributed by atoms with Crippen LogP contribution in [0.5, 0.6) is 11.5 Å². The number of benzene rings is 2. The second-order valence-corrected chi connectivity index (χ2v) is 8.57. The summed E-state index contributed by atoms with van der Waals surface area (Å²) in [4.78, 5) is 3.83. The summed E-state index contributed by atoms with van der Waals surface area (Å²) in [5.74, 6) is 1.66. The first-order valence-electron chi connectivity index (χ1n) is 10.9. The minimum absolute atomic E-state index is 0.137. The largest absolute Gasteiger partial charge is 0.508 e. The molecule has 2 aliphatic rings. The smallest absolute Gasteiger partial charge is 0.401 e. The minimum Gasteiger partial charge on any atom is -0.508 e. The number of halogens is 3. The van der Waals surface area contributed by atoms with Gasteiger partial charge in [-0.15, -0.1) is 0 Å². The standard InChI is InChI=1S/C24H29F3N2O2/c1-2-17-14-28(15-17)11-12-31-21-6-3-18(4-7-21)23-22-8-5-20(30)13-19(22)9-10-29(23)16-24(25,26)27/h3-8,13,17,23,30H,2,9-12,14-16H2,1H3/t23-/m0/s1. The molecule has 7 heteroatoms. The van der Waals surface area contributed by atoms with Crippen molar-refractivity contribution in [2.75, 3.05) is 39.3 Å². The maximum Gasteiger partial charge on any atom is 0.401 e. The molecule has 0 radical (unpaired) electrons. The Kier molecular flexibility index (Phi) is 6.44. The molecule has 0 aromatic heterocycles. The molecule has 168 valence electrons. The Labute approximate surface area is 181 Å². The predicted molar refractivity (Wildman–Crippen MR) is 113 cm³/mol. The average molecular weight is 435 g/mol. The first kappa shape index (κ1) is 22.0. The molecule has 1 atom stereocenters. The quantitative estimate of drug-likeness (QED) is 0.690. The summed E-state index contributed by atoms with van der Waals surface area (Å²) in [6.07, 6.45) is -2.58. The number of ether oxygens (including phenoxy) is 1. The molecule has 2 heterocycles. The summed E-state index contributed by atoms with van der Waals surface area (Å²) in [5, 5.41) is 9.79. The number of likely N-dealkylation sites (tertiary alicyclic amines) is 1. The van der Waals surface area contributed by atoms with Gasteiger partial charge in [0.15, 0.2) is 0 Å². The van der Waals surface area contributed by atoms with Gasteiger partial charge in [-0.05, 0) is 53.3 Å². The van der Waals surface area contributed by atoms with Crippen molar-refractivity contribution in [2.45, 2.75) is 32.0 Å². The lowest BCUT2D eigenvalue weighted by molar-refractivity contribution is -0.150. The lowest BCUT2D eigenvalue weighted by atomic mass is 9.88. The van der Waals surface area contributed by atoms with Crippen molar-refractivity contribution in [2.24, 2.45) is 5.92 Å². The average Bonchev–Trinajstić information content (AvgIpc) is 2.69. The van der Waals surface area contributed by atoms with E-state index in [-0.39, 0.29) is 12.3 Å². The highest BCUT2D eigenvalue weighted by Gasteiger charge is 2.37. The Bertz CT molecular complexity index is 879. The van der Waals surface area contributed by atoms with Crippen LogP contribution in [0.3, 0.4) is 0 Å². The zero-order valence-electron chi connectivity index (χ0n) is 17.7. The van der Waals surface area contributed by atoms with Crippen molar-refractivity contribution in [3.8, 4) is 11.5 Å². The number of hydrogen-bond acceptors (Lipinski definition) is 4. The lowest BCUT2D eigenvalue weighted by Gasteiger charge is -2.38. The normalized spacial score (nSPS) is 20.3. The molecule has 1 saturated heterocycles. The third kappa shape index (κ3) is 5.33. The van der Waals surface area contributed by atoms with E-state index >= 15 is 0 Å². The number of fused-ring (bicyclic) bond motifs is 1. The van der Waals surface area contributed by atoms with Crippen LogP contribution in [0, 0.1) is 5.92 Å². The third-order valence-electron chi connectivity index (χ3n) is 6.32. The molecule has 1 fully saturated rings. The lowest BCUT2D eigenvalue weighted by Crippen LogP contribution is -2.47. The van der Waals surface area contributed by atoms with E-state index in [2.05, 4.69) is 11.8 Å². The van der Waals surface area contributed by atoms with Crippen LogP contribution in [0.15, 0.2) is 42.5 Å². The molecule has 0 aliphatic carbocycles. The summed E-state index contributed by atoms with van der Waals surface area (Å²) in [6, 6.07) is 11.8. The van der Waals surface area contributed by atoms with Crippen LogP contribution in [0.25, 0.3) is 0 Å². The third-order valence-corrected chi connectivity index (χ3v) is 6.32. The van der Waals surface area contributed by atoms with E-state index in [0.29, 0.717) is 13.0 Å². The Morgan fingerprint density at radius 3 is 2.52 bits per heavy atom. The van der Waals surface area contributed by atoms with Crippen LogP contribution in [0.2, 0.25) is 0 Å². The monoisotopic (exact) mass is 434 g/mol. The molecule has 2 aromatic carbocycles. The van der Waals surface area contributed by atoms with E-state index in [0.717, 1.165) is 48.0 Å². The van der Waals surface area contributed by atoms with Gasteiger partial charge in [-0.2, -0.15) is 13.2 Å². The fourth-order valence-corrected chi connectivity index (χ4v) is 4.61. The highest BCUT2D eigenvalue weighted by atomic mass is 19.4. The highest BCUT2D eigenvalue weighted by Crippen LogP contribution is 2.38. The molecular formula is C24H29F3N2O2. The minimum atomic E-state index is -4.27. The molecule has 4 nitrogen and oxygen atoms in total. The summed E-state index contributed by atoms with van der Waals surface area (Å²) in [5.41, 5.74) is 2.49. The van der Waals surface area contributed by atoms with Gasteiger partial charge in [0.2, 0.25) is 0 Å². The molecule has 0 bridgehead atoms. The molecule has 2 aliphatic heterocycles. The van der Waals surface area contributed by atoms with E-state index < -0.39 is 18.8 Å². The van der Waals surface area contributed by atoms with E-state index in [9.17, 15) is 18.3 Å². The number of aromatic hydroxyl groups is 1. The van der Waals surface area contributed by atoms with Gasteiger partial charge in [0.25, 0.3) is 0 Å². The Morgan fingerprint density at radius 1 is 1.10 bits per heavy atom. The Morgan fingerprint density at radius 2 is 1.84 bits per heavy atom. The SMILES string of the molecule is CCC1CN(CCOc2ccc([C@H]3c4ccc(O)cc4CCN3CC(F)(F)F)cc2)C1. The molecule has 0 amide bonds. The number of phenolic OH excluding ortho intramolecular Hbond substituents is 1. The van der Waals surface area contributed by atoms with Gasteiger partial charge in [0, 0.05) is 26.2 Å². The van der Waals surface area contributed by atoms with Crippen molar-refractivity contribution in [3.63, 3.8) is 0 Å². The van der Waals surface area contributed by atoms with Gasteiger partial charge in [0.05, 0.1) is 12.6 Å². The number of rotatable bonds is 7. The summed E-state index contributed by atoms with van der Waals surface area (Å²) >= 11 is 0. The molecule has 0 unspecified atom stereocenters. The molecule has 0 saturated carbocycles. The summed E-state index contributed by atoms with van der Waals surface area (Å²) < 4.78 is 45.5. The van der Waals surface area contributed by atoms with E-state index in [4.69, 9.17) is 4.74 Å². The number of phenols is 1. The van der Waals surface area contributed by atoms with Gasteiger partial charge < -0.3 is 9.84 Å². The number of hydrogen-bond donors (Lipinski definition) is 1. The van der Waals surface area contributed by atoms with Gasteiger partial charge in [-0.1, -0.05) is 31.5 Å². The van der Waals surface area contributed by atoms with Crippen molar-refractivity contribution in [3.05, 3.63) is 59.2 Å². The second-order valence-electron chi connectivity index (χ2n) is 8.57. The van der Waals surface area contributed by atoms with Gasteiger partial charge in [0.1, 0.15) is 18.1 Å². The van der Waals surface area contributed by atoms with E-state index in [1.54, 1.807) is 18.2 Å². The Balaban J connectivity index is 1.46. The predicted octanol–water partition coefficient (Wildman–Crippen LogP) is 4.62. The van der Waals surface area contributed by atoms with Crippen LogP contribution >= 0.6 is 0 Å². The first-order chi connectivity index (χ1) is 14.8. The van der Waals surface area contributed by atoms with Gasteiger partial charge >= 0.3 is 6.18 Å². The fraction of sp³-hybridized carbons (Fsp3) is 0.500.